The number of nitrogens with zero attached hydrogens (tertiary/aromatic N) is 3. The fourth-order valence-electron chi connectivity index (χ4n) is 3.18. The highest BCUT2D eigenvalue weighted by Crippen LogP contribution is 2.28. The molecule has 0 aromatic carbocycles. The minimum Gasteiger partial charge on any atom is -0.335 e. The van der Waals surface area contributed by atoms with Gasteiger partial charge in [-0.1, -0.05) is 6.92 Å². The van der Waals surface area contributed by atoms with E-state index in [1.165, 1.54) is 69.8 Å². The molecule has 3 rings (SSSR count). The Bertz CT molecular complexity index is 351. The number of likely N-dealkylation sites (tertiary alicyclic amines) is 1. The van der Waals surface area contributed by atoms with Crippen LogP contribution in [0.3, 0.4) is 0 Å². The summed E-state index contributed by atoms with van der Waals surface area (Å²) in [5.74, 6) is 2.06. The molecule has 0 saturated carbocycles. The Kier molecular flexibility index (Phi) is 3.19. The topological polar surface area (TPSA) is 21.1 Å². The summed E-state index contributed by atoms with van der Waals surface area (Å²) in [7, 11) is 0. The molecule has 1 saturated heterocycles. The molecule has 0 N–H and O–H groups in total. The van der Waals surface area contributed by atoms with Crippen molar-refractivity contribution in [2.75, 3.05) is 19.6 Å². The van der Waals surface area contributed by atoms with E-state index in [1.54, 1.807) is 0 Å². The van der Waals surface area contributed by atoms with Crippen LogP contribution in [0.25, 0.3) is 0 Å². The molecular weight excluding hydrogens is 210 g/mol. The Morgan fingerprint density at radius 2 is 2.06 bits per heavy atom. The lowest BCUT2D eigenvalue weighted by molar-refractivity contribution is 0.221. The normalized spacial score (nSPS) is 22.6. The maximum atomic E-state index is 4.87. The number of aromatic nitrogens is 2. The Labute approximate surface area is 104 Å². The maximum absolute atomic E-state index is 4.87. The third-order valence-electron chi connectivity index (χ3n) is 4.38. The van der Waals surface area contributed by atoms with Crippen molar-refractivity contribution in [1.29, 1.82) is 0 Å². The van der Waals surface area contributed by atoms with Crippen molar-refractivity contribution in [2.45, 2.75) is 51.5 Å². The Balaban J connectivity index is 1.70. The molecule has 0 bridgehead atoms. The molecule has 3 nitrogen and oxygen atoms in total. The van der Waals surface area contributed by atoms with Crippen LogP contribution in [0.1, 0.15) is 50.0 Å². The van der Waals surface area contributed by atoms with Crippen LogP contribution in [0.4, 0.5) is 0 Å². The highest BCUT2D eigenvalue weighted by molar-refractivity contribution is 5.12. The SMILES string of the molecule is CCN1CCC(c2cn3c(n2)CCCC3)CC1. The van der Waals surface area contributed by atoms with Crippen LogP contribution in [0.15, 0.2) is 6.20 Å². The zero-order valence-electron chi connectivity index (χ0n) is 10.9. The van der Waals surface area contributed by atoms with Gasteiger partial charge in [0, 0.05) is 25.1 Å². The van der Waals surface area contributed by atoms with Crippen molar-refractivity contribution < 1.29 is 0 Å². The highest BCUT2D eigenvalue weighted by Gasteiger charge is 2.23. The molecule has 17 heavy (non-hydrogen) atoms. The van der Waals surface area contributed by atoms with Gasteiger partial charge in [-0.05, 0) is 45.3 Å². The Hall–Kier alpha value is -0.830. The van der Waals surface area contributed by atoms with Crippen LogP contribution in [0.5, 0.6) is 0 Å². The third-order valence-corrected chi connectivity index (χ3v) is 4.38. The first-order chi connectivity index (χ1) is 8.36. The second kappa shape index (κ2) is 4.81. The third kappa shape index (κ3) is 2.25. The molecule has 3 heteroatoms. The molecule has 0 unspecified atom stereocenters. The van der Waals surface area contributed by atoms with Gasteiger partial charge in [-0.25, -0.2) is 4.98 Å². The van der Waals surface area contributed by atoms with E-state index in [0.29, 0.717) is 0 Å². The summed E-state index contributed by atoms with van der Waals surface area (Å²) in [6.45, 7) is 7.16. The van der Waals surface area contributed by atoms with Crippen molar-refractivity contribution in [3.05, 3.63) is 17.7 Å². The Morgan fingerprint density at radius 3 is 2.76 bits per heavy atom. The number of fused-ring (bicyclic) bond motifs is 1. The van der Waals surface area contributed by atoms with Gasteiger partial charge in [0.1, 0.15) is 5.82 Å². The predicted molar refractivity (Wildman–Crippen MR) is 69.3 cm³/mol. The van der Waals surface area contributed by atoms with Crippen LogP contribution in [0, 0.1) is 0 Å². The van der Waals surface area contributed by atoms with Crippen molar-refractivity contribution in [3.8, 4) is 0 Å². The first kappa shape index (κ1) is 11.3. The number of hydrogen-bond acceptors (Lipinski definition) is 2. The molecule has 0 aliphatic carbocycles. The smallest absolute Gasteiger partial charge is 0.108 e. The van der Waals surface area contributed by atoms with Gasteiger partial charge in [0.15, 0.2) is 0 Å². The number of hydrogen-bond donors (Lipinski definition) is 0. The lowest BCUT2D eigenvalue weighted by Crippen LogP contribution is -2.32. The van der Waals surface area contributed by atoms with Gasteiger partial charge < -0.3 is 9.47 Å². The van der Waals surface area contributed by atoms with Gasteiger partial charge in [0.25, 0.3) is 0 Å². The second-order valence-corrected chi connectivity index (χ2v) is 5.44. The Morgan fingerprint density at radius 1 is 1.24 bits per heavy atom. The average molecular weight is 233 g/mol. The summed E-state index contributed by atoms with van der Waals surface area (Å²) in [5.41, 5.74) is 1.37. The minimum atomic E-state index is 0.718. The number of rotatable bonds is 2. The van der Waals surface area contributed by atoms with E-state index in [1.807, 2.05) is 0 Å². The van der Waals surface area contributed by atoms with Gasteiger partial charge in [0.05, 0.1) is 5.69 Å². The van der Waals surface area contributed by atoms with E-state index in [2.05, 4.69) is 22.6 Å². The van der Waals surface area contributed by atoms with E-state index < -0.39 is 0 Å². The van der Waals surface area contributed by atoms with Gasteiger partial charge in [0.2, 0.25) is 0 Å². The number of imidazole rings is 1. The zero-order chi connectivity index (χ0) is 11.7. The van der Waals surface area contributed by atoms with E-state index >= 15 is 0 Å². The summed E-state index contributed by atoms with van der Waals surface area (Å²) in [4.78, 5) is 7.42. The molecule has 2 aliphatic heterocycles. The van der Waals surface area contributed by atoms with Gasteiger partial charge >= 0.3 is 0 Å². The lowest BCUT2D eigenvalue weighted by atomic mass is 9.94. The fraction of sp³-hybridized carbons (Fsp3) is 0.786. The maximum Gasteiger partial charge on any atom is 0.108 e. The summed E-state index contributed by atoms with van der Waals surface area (Å²) < 4.78 is 2.39. The molecule has 1 aromatic heterocycles. The van der Waals surface area contributed by atoms with E-state index in [-0.39, 0.29) is 0 Å². The lowest BCUT2D eigenvalue weighted by Gasteiger charge is -2.30. The molecule has 2 aliphatic rings. The molecule has 3 heterocycles. The quantitative estimate of drug-likeness (QED) is 0.782. The van der Waals surface area contributed by atoms with Gasteiger partial charge in [-0.3, -0.25) is 0 Å². The van der Waals surface area contributed by atoms with Crippen molar-refractivity contribution in [2.24, 2.45) is 0 Å². The van der Waals surface area contributed by atoms with Crippen molar-refractivity contribution >= 4 is 0 Å². The van der Waals surface area contributed by atoms with E-state index in [0.717, 1.165) is 5.92 Å². The zero-order valence-corrected chi connectivity index (χ0v) is 10.9. The monoisotopic (exact) mass is 233 g/mol. The van der Waals surface area contributed by atoms with Gasteiger partial charge in [-0.15, -0.1) is 0 Å². The summed E-state index contributed by atoms with van der Waals surface area (Å²) >= 11 is 0. The number of piperidine rings is 1. The van der Waals surface area contributed by atoms with Crippen LogP contribution in [-0.2, 0) is 13.0 Å². The minimum absolute atomic E-state index is 0.718. The highest BCUT2D eigenvalue weighted by atomic mass is 15.1. The average Bonchev–Trinajstić information content (AvgIpc) is 2.82. The van der Waals surface area contributed by atoms with Crippen LogP contribution >= 0.6 is 0 Å². The molecule has 0 amide bonds. The summed E-state index contributed by atoms with van der Waals surface area (Å²) in [6.07, 6.45) is 8.77. The van der Waals surface area contributed by atoms with Crippen molar-refractivity contribution in [1.82, 2.24) is 14.5 Å². The van der Waals surface area contributed by atoms with E-state index in [4.69, 9.17) is 4.98 Å². The first-order valence-corrected chi connectivity index (χ1v) is 7.15. The molecule has 94 valence electrons. The molecule has 0 spiro atoms. The largest absolute Gasteiger partial charge is 0.335 e. The summed E-state index contributed by atoms with van der Waals surface area (Å²) in [6, 6.07) is 0. The van der Waals surface area contributed by atoms with Crippen molar-refractivity contribution in [3.63, 3.8) is 0 Å². The fourth-order valence-corrected chi connectivity index (χ4v) is 3.18. The first-order valence-electron chi connectivity index (χ1n) is 7.15. The van der Waals surface area contributed by atoms with E-state index in [9.17, 15) is 0 Å². The van der Waals surface area contributed by atoms with Gasteiger partial charge in [-0.2, -0.15) is 0 Å². The summed E-state index contributed by atoms with van der Waals surface area (Å²) in [5, 5.41) is 0. The standard InChI is InChI=1S/C14H23N3/c1-2-16-9-6-12(7-10-16)13-11-17-8-4-3-5-14(17)15-13/h11-12H,2-10H2,1H3. The second-order valence-electron chi connectivity index (χ2n) is 5.44. The molecule has 0 atom stereocenters. The van der Waals surface area contributed by atoms with Crippen LogP contribution in [-0.4, -0.2) is 34.1 Å². The molecule has 1 aromatic rings. The molecular formula is C14H23N3. The predicted octanol–water partition coefficient (Wildman–Crippen LogP) is 2.42. The number of aryl methyl sites for hydroxylation is 2. The molecule has 0 radical (unpaired) electrons. The van der Waals surface area contributed by atoms with Crippen LogP contribution in [0.2, 0.25) is 0 Å². The van der Waals surface area contributed by atoms with Crippen LogP contribution < -0.4 is 0 Å². The molecule has 1 fully saturated rings.